The number of rotatable bonds is 8. The number of aliphatic hydroxyl groups is 1. The van der Waals surface area contributed by atoms with E-state index in [4.69, 9.17) is 19.4 Å². The average Bonchev–Trinajstić information content (AvgIpc) is 2.94. The van der Waals surface area contributed by atoms with Crippen molar-refractivity contribution in [2.24, 2.45) is 5.11 Å². The summed E-state index contributed by atoms with van der Waals surface area (Å²) in [5, 5.41) is 16.9. The fraction of sp³-hybridized carbons (Fsp3) is 0.367. The van der Waals surface area contributed by atoms with Gasteiger partial charge < -0.3 is 19.0 Å². The molecule has 1 saturated heterocycles. The van der Waals surface area contributed by atoms with E-state index in [0.29, 0.717) is 5.56 Å². The molecule has 0 amide bonds. The number of ether oxygens (including phenoxy) is 2. The first-order chi connectivity index (χ1) is 18.7. The van der Waals surface area contributed by atoms with Gasteiger partial charge in [0.15, 0.2) is 6.10 Å². The van der Waals surface area contributed by atoms with Crippen molar-refractivity contribution in [3.8, 4) is 0 Å². The SMILES string of the molecule is C[C@@H]1OC(CO[Si](c2ccccc2)(c2ccccc2)C(C)(C)C)[C@H](OC(=O)c2ccccc2)[C@H](O)C1N=[N+]=[N-]. The van der Waals surface area contributed by atoms with Gasteiger partial charge >= 0.3 is 5.97 Å². The van der Waals surface area contributed by atoms with Crippen LogP contribution in [0.15, 0.2) is 96.1 Å². The van der Waals surface area contributed by atoms with E-state index < -0.39 is 44.7 Å². The Labute approximate surface area is 230 Å². The molecular weight excluding hydrogens is 510 g/mol. The fourth-order valence-corrected chi connectivity index (χ4v) is 9.93. The molecular formula is C30H35N3O5Si. The second-order valence-corrected chi connectivity index (χ2v) is 15.1. The van der Waals surface area contributed by atoms with Crippen LogP contribution in [0.2, 0.25) is 5.04 Å². The molecule has 9 heteroatoms. The van der Waals surface area contributed by atoms with Crippen molar-refractivity contribution in [3.63, 3.8) is 0 Å². The molecule has 1 fully saturated rings. The predicted molar refractivity (Wildman–Crippen MR) is 152 cm³/mol. The van der Waals surface area contributed by atoms with E-state index in [9.17, 15) is 9.90 Å². The normalized spacial score (nSPS) is 23.5. The highest BCUT2D eigenvalue weighted by Crippen LogP contribution is 2.37. The zero-order valence-electron chi connectivity index (χ0n) is 22.7. The van der Waals surface area contributed by atoms with Crippen molar-refractivity contribution in [2.45, 2.75) is 63.2 Å². The Hall–Kier alpha value is -3.46. The molecule has 0 bridgehead atoms. The number of nitrogens with zero attached hydrogens (tertiary/aromatic N) is 3. The summed E-state index contributed by atoms with van der Waals surface area (Å²) < 4.78 is 19.1. The lowest BCUT2D eigenvalue weighted by molar-refractivity contribution is -0.183. The Morgan fingerprint density at radius 3 is 1.97 bits per heavy atom. The van der Waals surface area contributed by atoms with Gasteiger partial charge in [0.1, 0.15) is 12.2 Å². The van der Waals surface area contributed by atoms with Gasteiger partial charge in [-0.25, -0.2) is 4.79 Å². The molecule has 1 N–H and O–H groups in total. The molecule has 0 saturated carbocycles. The van der Waals surface area contributed by atoms with Crippen molar-refractivity contribution in [1.29, 1.82) is 0 Å². The van der Waals surface area contributed by atoms with Crippen LogP contribution in [0, 0.1) is 0 Å². The van der Waals surface area contributed by atoms with Crippen LogP contribution < -0.4 is 10.4 Å². The Bertz CT molecular complexity index is 1240. The lowest BCUT2D eigenvalue weighted by Gasteiger charge is -2.46. The number of hydrogen-bond acceptors (Lipinski definition) is 6. The average molecular weight is 546 g/mol. The molecule has 8 nitrogen and oxygen atoms in total. The van der Waals surface area contributed by atoms with Gasteiger partial charge in [-0.05, 0) is 40.0 Å². The quantitative estimate of drug-likeness (QED) is 0.146. The Balaban J connectivity index is 1.72. The van der Waals surface area contributed by atoms with Crippen LogP contribution in [0.1, 0.15) is 38.1 Å². The minimum absolute atomic E-state index is 0.0599. The number of carbonyl (C=O) groups excluding carboxylic acids is 1. The van der Waals surface area contributed by atoms with Crippen molar-refractivity contribution in [2.75, 3.05) is 6.61 Å². The van der Waals surface area contributed by atoms with E-state index in [-0.39, 0.29) is 11.6 Å². The molecule has 1 heterocycles. The molecule has 1 aliphatic heterocycles. The minimum Gasteiger partial charge on any atom is -0.453 e. The number of azide groups is 1. The van der Waals surface area contributed by atoms with Gasteiger partial charge in [0, 0.05) is 4.91 Å². The third kappa shape index (κ3) is 5.93. The van der Waals surface area contributed by atoms with Crippen LogP contribution in [-0.4, -0.2) is 56.5 Å². The molecule has 3 aromatic rings. The lowest BCUT2D eigenvalue weighted by Crippen LogP contribution is -2.68. The molecule has 39 heavy (non-hydrogen) atoms. The van der Waals surface area contributed by atoms with Gasteiger partial charge in [0.05, 0.1) is 24.3 Å². The number of hydrogen-bond donors (Lipinski definition) is 1. The molecule has 0 aromatic heterocycles. The van der Waals surface area contributed by atoms with E-state index in [1.165, 1.54) is 0 Å². The van der Waals surface area contributed by atoms with Gasteiger partial charge in [0.2, 0.25) is 0 Å². The second-order valence-electron chi connectivity index (χ2n) is 10.8. The third-order valence-electron chi connectivity index (χ3n) is 7.24. The van der Waals surface area contributed by atoms with Crippen molar-refractivity contribution >= 4 is 24.7 Å². The molecule has 0 radical (unpaired) electrons. The van der Waals surface area contributed by atoms with Gasteiger partial charge in [0.25, 0.3) is 8.32 Å². The minimum atomic E-state index is -2.93. The largest absolute Gasteiger partial charge is 0.453 e. The highest BCUT2D eigenvalue weighted by molar-refractivity contribution is 6.99. The number of aliphatic hydroxyl groups excluding tert-OH is 1. The van der Waals surface area contributed by atoms with E-state index in [1.807, 2.05) is 36.4 Å². The topological polar surface area (TPSA) is 114 Å². The lowest BCUT2D eigenvalue weighted by atomic mass is 9.94. The van der Waals surface area contributed by atoms with Crippen molar-refractivity contribution in [3.05, 3.63) is 107 Å². The fourth-order valence-electron chi connectivity index (χ4n) is 5.36. The van der Waals surface area contributed by atoms with Gasteiger partial charge in [-0.2, -0.15) is 0 Å². The van der Waals surface area contributed by atoms with E-state index >= 15 is 0 Å². The number of carbonyl (C=O) groups is 1. The maximum absolute atomic E-state index is 13.0. The Morgan fingerprint density at radius 1 is 0.974 bits per heavy atom. The molecule has 5 atom stereocenters. The van der Waals surface area contributed by atoms with Crippen molar-refractivity contribution in [1.82, 2.24) is 0 Å². The molecule has 2 unspecified atom stereocenters. The molecule has 0 spiro atoms. The first-order valence-electron chi connectivity index (χ1n) is 13.1. The first kappa shape index (κ1) is 28.5. The van der Waals surface area contributed by atoms with Crippen LogP contribution >= 0.6 is 0 Å². The van der Waals surface area contributed by atoms with Gasteiger partial charge in [-0.15, -0.1) is 0 Å². The molecule has 0 aliphatic carbocycles. The summed E-state index contributed by atoms with van der Waals surface area (Å²) in [7, 11) is -2.93. The monoisotopic (exact) mass is 545 g/mol. The summed E-state index contributed by atoms with van der Waals surface area (Å²) in [5.41, 5.74) is 9.43. The van der Waals surface area contributed by atoms with E-state index in [0.717, 1.165) is 10.4 Å². The maximum Gasteiger partial charge on any atom is 0.338 e. The highest BCUT2D eigenvalue weighted by atomic mass is 28.4. The van der Waals surface area contributed by atoms with Gasteiger partial charge in [-0.3, -0.25) is 0 Å². The van der Waals surface area contributed by atoms with E-state index in [2.05, 4.69) is 55.1 Å². The maximum atomic E-state index is 13.0. The molecule has 1 aliphatic rings. The summed E-state index contributed by atoms with van der Waals surface area (Å²) in [5.74, 6) is -0.604. The van der Waals surface area contributed by atoms with Crippen LogP contribution in [0.4, 0.5) is 0 Å². The molecule has 3 aromatic carbocycles. The highest BCUT2D eigenvalue weighted by Gasteiger charge is 2.52. The summed E-state index contributed by atoms with van der Waals surface area (Å²) in [6, 6.07) is 28.0. The summed E-state index contributed by atoms with van der Waals surface area (Å²) >= 11 is 0. The Morgan fingerprint density at radius 2 is 1.49 bits per heavy atom. The summed E-state index contributed by atoms with van der Waals surface area (Å²) in [4.78, 5) is 15.9. The summed E-state index contributed by atoms with van der Waals surface area (Å²) in [6.45, 7) is 8.30. The zero-order valence-corrected chi connectivity index (χ0v) is 23.7. The zero-order chi connectivity index (χ0) is 28.0. The Kier molecular flexibility index (Phi) is 8.89. The number of esters is 1. The van der Waals surface area contributed by atoms with Crippen molar-refractivity contribution < 1.29 is 23.8 Å². The third-order valence-corrected chi connectivity index (χ3v) is 12.2. The second kappa shape index (κ2) is 12.2. The number of benzene rings is 3. The van der Waals surface area contributed by atoms with Gasteiger partial charge in [-0.1, -0.05) is 105 Å². The standard InChI is InChI=1S/C30H35N3O5Si/c1-21-26(32-33-31)27(34)28(38-29(35)22-14-8-5-9-15-22)25(37-21)20-36-39(30(2,3)4,23-16-10-6-11-17-23)24-18-12-7-13-19-24/h5-19,21,25-28,34H,20H2,1-4H3/t21-,25?,26?,27+,28-/m0/s1. The predicted octanol–water partition coefficient (Wildman–Crippen LogP) is 4.62. The first-order valence-corrected chi connectivity index (χ1v) is 15.0. The van der Waals surface area contributed by atoms with Crippen LogP contribution in [0.5, 0.6) is 0 Å². The molecule has 204 valence electrons. The van der Waals surface area contributed by atoms with Crippen LogP contribution in [0.25, 0.3) is 10.4 Å². The van der Waals surface area contributed by atoms with Crippen LogP contribution in [0.3, 0.4) is 0 Å². The summed E-state index contributed by atoms with van der Waals surface area (Å²) in [6.07, 6.45) is -3.79. The van der Waals surface area contributed by atoms with Crippen LogP contribution in [-0.2, 0) is 13.9 Å². The van der Waals surface area contributed by atoms with E-state index in [1.54, 1.807) is 37.3 Å². The smallest absolute Gasteiger partial charge is 0.338 e. The molecule has 4 rings (SSSR count).